The van der Waals surface area contributed by atoms with Crippen molar-refractivity contribution in [2.75, 3.05) is 6.54 Å². The molecule has 1 amide bonds. The second-order valence-electron chi connectivity index (χ2n) is 8.11. The van der Waals surface area contributed by atoms with Crippen LogP contribution in [0.5, 0.6) is 5.75 Å². The predicted octanol–water partition coefficient (Wildman–Crippen LogP) is 4.86. The molecule has 0 unspecified atom stereocenters. The molecule has 0 bridgehead atoms. The van der Waals surface area contributed by atoms with Gasteiger partial charge in [0.25, 0.3) is 5.91 Å². The Hall–Kier alpha value is -2.98. The van der Waals surface area contributed by atoms with E-state index in [4.69, 9.17) is 4.74 Å². The summed E-state index contributed by atoms with van der Waals surface area (Å²) in [5.74, 6) is -5.48. The summed E-state index contributed by atoms with van der Waals surface area (Å²) in [6.07, 6.45) is -5.80. The van der Waals surface area contributed by atoms with Crippen molar-refractivity contribution in [3.05, 3.63) is 70.3 Å². The van der Waals surface area contributed by atoms with Gasteiger partial charge in [0.1, 0.15) is 11.4 Å². The number of carbonyl (C=O) groups is 1. The number of amides is 1. The molecule has 32 heavy (non-hydrogen) atoms. The number of halogens is 5. The number of alkyl halides is 5. The highest BCUT2D eigenvalue weighted by atomic mass is 19.4. The Morgan fingerprint density at radius 3 is 2.41 bits per heavy atom. The predicted molar refractivity (Wildman–Crippen MR) is 104 cm³/mol. The zero-order chi connectivity index (χ0) is 23.5. The molecule has 0 spiro atoms. The van der Waals surface area contributed by atoms with Crippen LogP contribution in [0.25, 0.3) is 5.70 Å². The van der Waals surface area contributed by atoms with Crippen LogP contribution >= 0.6 is 0 Å². The molecule has 2 heterocycles. The molecule has 2 aliphatic rings. The standard InChI is InChI=1S/C22H19F5N2O3/c1-20(2)16(10-28-31)18(29-11-12-5-3-4-6-14(12)19(29)30)15-9-13(7-8-17(15)32-20)21(23,24)22(25,26)27/h3-9,28,31H,10-11H2,1-2H3. The molecule has 0 aliphatic carbocycles. The summed E-state index contributed by atoms with van der Waals surface area (Å²) in [5.41, 5.74) is 1.05. The third-order valence-corrected chi connectivity index (χ3v) is 5.68. The van der Waals surface area contributed by atoms with Gasteiger partial charge in [0, 0.05) is 28.8 Å². The molecule has 2 aromatic rings. The van der Waals surface area contributed by atoms with Crippen molar-refractivity contribution < 1.29 is 36.7 Å². The zero-order valence-electron chi connectivity index (χ0n) is 17.1. The fourth-order valence-corrected chi connectivity index (χ4v) is 4.07. The second kappa shape index (κ2) is 7.28. The molecular weight excluding hydrogens is 435 g/mol. The van der Waals surface area contributed by atoms with Gasteiger partial charge in [-0.2, -0.15) is 22.0 Å². The Balaban J connectivity index is 1.94. The van der Waals surface area contributed by atoms with Gasteiger partial charge in [-0.25, -0.2) is 5.48 Å². The van der Waals surface area contributed by atoms with Crippen LogP contribution < -0.4 is 10.2 Å². The van der Waals surface area contributed by atoms with E-state index >= 15 is 0 Å². The van der Waals surface area contributed by atoms with Gasteiger partial charge in [0.15, 0.2) is 0 Å². The average molecular weight is 454 g/mol. The Labute approximate surface area is 180 Å². The molecule has 5 nitrogen and oxygen atoms in total. The monoisotopic (exact) mass is 454 g/mol. The van der Waals surface area contributed by atoms with E-state index in [1.807, 2.05) is 5.48 Å². The highest BCUT2D eigenvalue weighted by Crippen LogP contribution is 2.49. The first-order valence-electron chi connectivity index (χ1n) is 9.67. The molecule has 2 aliphatic heterocycles. The van der Waals surface area contributed by atoms with Gasteiger partial charge in [-0.3, -0.25) is 4.79 Å². The number of ether oxygens (including phenoxy) is 1. The molecule has 0 saturated carbocycles. The van der Waals surface area contributed by atoms with E-state index in [2.05, 4.69) is 0 Å². The molecule has 0 saturated heterocycles. The first-order chi connectivity index (χ1) is 14.9. The van der Waals surface area contributed by atoms with E-state index in [1.54, 1.807) is 38.1 Å². The van der Waals surface area contributed by atoms with Crippen molar-refractivity contribution in [2.24, 2.45) is 0 Å². The third kappa shape index (κ3) is 3.34. The lowest BCUT2D eigenvalue weighted by Gasteiger charge is -2.39. The lowest BCUT2D eigenvalue weighted by atomic mass is 9.87. The van der Waals surface area contributed by atoms with Crippen LogP contribution in [0.3, 0.4) is 0 Å². The highest BCUT2D eigenvalue weighted by molar-refractivity contribution is 6.04. The van der Waals surface area contributed by atoms with Gasteiger partial charge >= 0.3 is 12.1 Å². The maximum atomic E-state index is 14.1. The van der Waals surface area contributed by atoms with E-state index in [1.165, 1.54) is 4.90 Å². The SMILES string of the molecule is CC1(C)Oc2ccc(C(F)(F)C(F)(F)F)cc2C(N2Cc3ccccc3C2=O)=C1CNO. The number of fused-ring (bicyclic) bond motifs is 2. The molecular formula is C22H19F5N2O3. The van der Waals surface area contributed by atoms with E-state index in [0.29, 0.717) is 28.8 Å². The van der Waals surface area contributed by atoms with Crippen LogP contribution in [0.1, 0.15) is 40.9 Å². The smallest absolute Gasteiger partial charge is 0.458 e. The van der Waals surface area contributed by atoms with E-state index in [9.17, 15) is 32.0 Å². The first-order valence-corrected chi connectivity index (χ1v) is 9.67. The fraction of sp³-hybridized carbons (Fsp3) is 0.318. The van der Waals surface area contributed by atoms with Crippen LogP contribution in [-0.2, 0) is 12.5 Å². The van der Waals surface area contributed by atoms with E-state index < -0.39 is 29.2 Å². The summed E-state index contributed by atoms with van der Waals surface area (Å²) >= 11 is 0. The molecule has 2 aromatic carbocycles. The lowest BCUT2D eigenvalue weighted by molar-refractivity contribution is -0.289. The van der Waals surface area contributed by atoms with Crippen molar-refractivity contribution in [3.8, 4) is 5.75 Å². The van der Waals surface area contributed by atoms with Gasteiger partial charge in [-0.1, -0.05) is 18.2 Å². The maximum absolute atomic E-state index is 14.1. The van der Waals surface area contributed by atoms with Crippen LogP contribution in [0.15, 0.2) is 48.0 Å². The van der Waals surface area contributed by atoms with E-state index in [-0.39, 0.29) is 30.1 Å². The van der Waals surface area contributed by atoms with E-state index in [0.717, 1.165) is 6.07 Å². The Kier molecular flexibility index (Phi) is 5.05. The number of nitrogens with zero attached hydrogens (tertiary/aromatic N) is 1. The fourth-order valence-electron chi connectivity index (χ4n) is 4.07. The highest BCUT2D eigenvalue weighted by Gasteiger charge is 2.59. The largest absolute Gasteiger partial charge is 0.483 e. The third-order valence-electron chi connectivity index (χ3n) is 5.68. The summed E-state index contributed by atoms with van der Waals surface area (Å²) in [5, 5.41) is 9.38. The Bertz CT molecular complexity index is 1120. The maximum Gasteiger partial charge on any atom is 0.458 e. The molecule has 10 heteroatoms. The normalized spacial score (nSPS) is 17.9. The zero-order valence-corrected chi connectivity index (χ0v) is 17.1. The van der Waals surface area contributed by atoms with Gasteiger partial charge in [-0.15, -0.1) is 0 Å². The Morgan fingerprint density at radius 2 is 1.78 bits per heavy atom. The lowest BCUT2D eigenvalue weighted by Crippen LogP contribution is -2.42. The summed E-state index contributed by atoms with van der Waals surface area (Å²) in [6.45, 7) is 3.18. The summed E-state index contributed by atoms with van der Waals surface area (Å²) in [6, 6.07) is 9.16. The van der Waals surface area contributed by atoms with Crippen LogP contribution in [0, 0.1) is 0 Å². The first kappa shape index (κ1) is 22.2. The number of carbonyl (C=O) groups excluding carboxylic acids is 1. The minimum atomic E-state index is -5.80. The molecule has 0 fully saturated rings. The molecule has 0 atom stereocenters. The van der Waals surface area contributed by atoms with Crippen LogP contribution in [0.2, 0.25) is 0 Å². The summed E-state index contributed by atoms with van der Waals surface area (Å²) in [7, 11) is 0. The Morgan fingerprint density at radius 1 is 1.09 bits per heavy atom. The number of nitrogens with one attached hydrogen (secondary N) is 1. The number of benzene rings is 2. The van der Waals surface area contributed by atoms with Crippen molar-refractivity contribution in [1.29, 1.82) is 0 Å². The second-order valence-corrected chi connectivity index (χ2v) is 8.11. The van der Waals surface area contributed by atoms with Crippen LogP contribution in [0.4, 0.5) is 22.0 Å². The number of hydrogen-bond donors (Lipinski definition) is 2. The van der Waals surface area contributed by atoms with Crippen molar-refractivity contribution in [3.63, 3.8) is 0 Å². The van der Waals surface area contributed by atoms with Gasteiger partial charge in [-0.05, 0) is 43.7 Å². The van der Waals surface area contributed by atoms with Gasteiger partial charge < -0.3 is 14.8 Å². The quantitative estimate of drug-likeness (QED) is 0.512. The van der Waals surface area contributed by atoms with Crippen molar-refractivity contribution in [1.82, 2.24) is 10.4 Å². The van der Waals surface area contributed by atoms with Gasteiger partial charge in [0.2, 0.25) is 0 Å². The number of rotatable bonds is 4. The topological polar surface area (TPSA) is 61.8 Å². The van der Waals surface area contributed by atoms with Crippen LogP contribution in [-0.4, -0.2) is 34.3 Å². The molecule has 0 aromatic heterocycles. The minimum Gasteiger partial charge on any atom is -0.483 e. The average Bonchev–Trinajstić information content (AvgIpc) is 3.03. The minimum absolute atomic E-state index is 0.0529. The summed E-state index contributed by atoms with van der Waals surface area (Å²) < 4.78 is 73.1. The van der Waals surface area contributed by atoms with Crippen molar-refractivity contribution >= 4 is 11.6 Å². The van der Waals surface area contributed by atoms with Gasteiger partial charge in [0.05, 0.1) is 12.2 Å². The number of hydrogen-bond acceptors (Lipinski definition) is 4. The number of hydroxylamine groups is 1. The molecule has 0 radical (unpaired) electrons. The summed E-state index contributed by atoms with van der Waals surface area (Å²) in [4.78, 5) is 14.5. The molecule has 2 N–H and O–H groups in total. The molecule has 4 rings (SSSR count). The molecule has 170 valence electrons. The van der Waals surface area contributed by atoms with Crippen molar-refractivity contribution in [2.45, 2.75) is 38.1 Å².